The molecule has 2 atom stereocenters. The number of pyridine rings is 1. The lowest BCUT2D eigenvalue weighted by Crippen LogP contribution is -2.50. The van der Waals surface area contributed by atoms with Crippen LogP contribution in [0.4, 0.5) is 0 Å². The molecule has 2 bridgehead atoms. The zero-order valence-corrected chi connectivity index (χ0v) is 12.8. The third kappa shape index (κ3) is 3.43. The summed E-state index contributed by atoms with van der Waals surface area (Å²) >= 11 is 0. The summed E-state index contributed by atoms with van der Waals surface area (Å²) in [4.78, 5) is 18.8. The quantitative estimate of drug-likeness (QED) is 0.902. The molecule has 0 aromatic carbocycles. The highest BCUT2D eigenvalue weighted by atomic mass is 16.2. The second-order valence-electron chi connectivity index (χ2n) is 6.30. The van der Waals surface area contributed by atoms with Gasteiger partial charge in [-0.05, 0) is 50.7 Å². The van der Waals surface area contributed by atoms with E-state index < -0.39 is 0 Å². The van der Waals surface area contributed by atoms with Gasteiger partial charge in [0.25, 0.3) is 0 Å². The molecule has 114 valence electrons. The predicted molar refractivity (Wildman–Crippen MR) is 82.9 cm³/mol. The Morgan fingerprint density at radius 3 is 2.76 bits per heavy atom. The van der Waals surface area contributed by atoms with Gasteiger partial charge >= 0.3 is 0 Å². The largest absolute Gasteiger partial charge is 0.340 e. The molecule has 4 heteroatoms. The van der Waals surface area contributed by atoms with Crippen molar-refractivity contribution in [2.45, 2.75) is 63.6 Å². The molecule has 0 radical (unpaired) electrons. The van der Waals surface area contributed by atoms with Crippen molar-refractivity contribution >= 4 is 5.91 Å². The molecule has 2 saturated heterocycles. The molecule has 0 aliphatic carbocycles. The average Bonchev–Trinajstić information content (AvgIpc) is 2.85. The summed E-state index contributed by atoms with van der Waals surface area (Å²) in [5.41, 5.74) is 1.15. The molecule has 2 fully saturated rings. The van der Waals surface area contributed by atoms with Gasteiger partial charge in [-0.15, -0.1) is 0 Å². The first-order valence-corrected chi connectivity index (χ1v) is 8.20. The fourth-order valence-corrected chi connectivity index (χ4v) is 3.86. The number of aromatic nitrogens is 1. The van der Waals surface area contributed by atoms with Gasteiger partial charge in [-0.25, -0.2) is 0 Å². The predicted octanol–water partition coefficient (Wildman–Crippen LogP) is 2.15. The van der Waals surface area contributed by atoms with Gasteiger partial charge in [0.2, 0.25) is 5.91 Å². The monoisotopic (exact) mass is 287 g/mol. The molecule has 1 aromatic rings. The number of nitrogens with one attached hydrogen (secondary N) is 1. The van der Waals surface area contributed by atoms with Crippen LogP contribution in [0.5, 0.6) is 0 Å². The molecule has 1 aromatic heterocycles. The zero-order chi connectivity index (χ0) is 14.7. The fraction of sp³-hybridized carbons (Fsp3) is 0.647. The van der Waals surface area contributed by atoms with Gasteiger partial charge in [-0.1, -0.05) is 6.07 Å². The molecule has 4 nitrogen and oxygen atoms in total. The molecule has 1 amide bonds. The fourth-order valence-electron chi connectivity index (χ4n) is 3.86. The molecule has 0 spiro atoms. The van der Waals surface area contributed by atoms with Crippen molar-refractivity contribution in [1.29, 1.82) is 0 Å². The molecule has 2 aliphatic rings. The van der Waals surface area contributed by atoms with E-state index in [1.165, 1.54) is 12.8 Å². The number of hydrogen-bond acceptors (Lipinski definition) is 3. The van der Waals surface area contributed by atoms with Crippen molar-refractivity contribution in [3.8, 4) is 0 Å². The van der Waals surface area contributed by atoms with Crippen molar-refractivity contribution < 1.29 is 4.79 Å². The summed E-state index contributed by atoms with van der Waals surface area (Å²) in [6.45, 7) is 2.93. The van der Waals surface area contributed by atoms with E-state index in [1.54, 1.807) is 6.20 Å². The summed E-state index contributed by atoms with van der Waals surface area (Å²) in [5, 5.41) is 3.65. The van der Waals surface area contributed by atoms with Crippen LogP contribution in [-0.4, -0.2) is 40.5 Å². The zero-order valence-electron chi connectivity index (χ0n) is 12.8. The number of amides is 1. The maximum Gasteiger partial charge on any atom is 0.223 e. The molecule has 21 heavy (non-hydrogen) atoms. The minimum atomic E-state index is 0.299. The Balaban J connectivity index is 1.56. The lowest BCUT2D eigenvalue weighted by atomic mass is 9.97. The summed E-state index contributed by atoms with van der Waals surface area (Å²) in [7, 11) is 0. The van der Waals surface area contributed by atoms with Crippen LogP contribution in [0.2, 0.25) is 0 Å². The molecule has 2 aliphatic heterocycles. The number of hydrogen-bond donors (Lipinski definition) is 1. The number of carbonyl (C=O) groups is 1. The molecule has 3 rings (SSSR count). The Kier molecular flexibility index (Phi) is 4.54. The highest BCUT2D eigenvalue weighted by Gasteiger charge is 2.36. The van der Waals surface area contributed by atoms with E-state index in [-0.39, 0.29) is 0 Å². The second kappa shape index (κ2) is 6.56. The van der Waals surface area contributed by atoms with Gasteiger partial charge in [0.15, 0.2) is 0 Å². The van der Waals surface area contributed by atoms with Gasteiger partial charge in [0.1, 0.15) is 0 Å². The van der Waals surface area contributed by atoms with E-state index in [1.807, 2.05) is 18.3 Å². The number of rotatable bonds is 5. The Bertz CT molecular complexity index is 464. The number of piperidine rings is 1. The molecule has 1 N–H and O–H groups in total. The Morgan fingerprint density at radius 1 is 1.38 bits per heavy atom. The lowest BCUT2D eigenvalue weighted by Gasteiger charge is -2.37. The Hall–Kier alpha value is -1.42. The molecule has 3 heterocycles. The smallest absolute Gasteiger partial charge is 0.223 e. The normalized spacial score (nSPS) is 27.6. The minimum Gasteiger partial charge on any atom is -0.340 e. The van der Waals surface area contributed by atoms with Crippen molar-refractivity contribution in [2.24, 2.45) is 0 Å². The van der Waals surface area contributed by atoms with E-state index in [9.17, 15) is 4.79 Å². The van der Waals surface area contributed by atoms with Gasteiger partial charge in [0, 0.05) is 43.5 Å². The molecular weight excluding hydrogens is 262 g/mol. The molecule has 2 unspecified atom stereocenters. The maximum absolute atomic E-state index is 12.6. The standard InChI is InChI=1S/C17H25N3O/c1-2-20(16-10-14-6-7-15(11-16)19-14)17(21)8-5-13-4-3-9-18-12-13/h3-4,9,12,14-16,19H,2,5-8,10-11H2,1H3. The Labute approximate surface area is 126 Å². The van der Waals surface area contributed by atoms with Crippen molar-refractivity contribution in [1.82, 2.24) is 15.2 Å². The van der Waals surface area contributed by atoms with Crippen LogP contribution in [0.25, 0.3) is 0 Å². The van der Waals surface area contributed by atoms with E-state index in [0.29, 0.717) is 30.5 Å². The van der Waals surface area contributed by atoms with Crippen LogP contribution in [0, 0.1) is 0 Å². The van der Waals surface area contributed by atoms with Crippen molar-refractivity contribution in [2.75, 3.05) is 6.54 Å². The topological polar surface area (TPSA) is 45.2 Å². The summed E-state index contributed by atoms with van der Waals surface area (Å²) < 4.78 is 0. The van der Waals surface area contributed by atoms with Crippen molar-refractivity contribution in [3.05, 3.63) is 30.1 Å². The second-order valence-corrected chi connectivity index (χ2v) is 6.30. The van der Waals surface area contributed by atoms with Gasteiger partial charge in [-0.2, -0.15) is 0 Å². The summed E-state index contributed by atoms with van der Waals surface area (Å²) in [5.74, 6) is 0.299. The van der Waals surface area contributed by atoms with Crippen LogP contribution in [0.3, 0.4) is 0 Å². The van der Waals surface area contributed by atoms with Crippen LogP contribution in [0.1, 0.15) is 44.6 Å². The first-order chi connectivity index (χ1) is 10.3. The summed E-state index contributed by atoms with van der Waals surface area (Å²) in [6.07, 6.45) is 9.83. The highest BCUT2D eigenvalue weighted by Crippen LogP contribution is 2.30. The van der Waals surface area contributed by atoms with Gasteiger partial charge in [0.05, 0.1) is 0 Å². The van der Waals surface area contributed by atoms with Crippen molar-refractivity contribution in [3.63, 3.8) is 0 Å². The average molecular weight is 287 g/mol. The minimum absolute atomic E-state index is 0.299. The van der Waals surface area contributed by atoms with E-state index in [4.69, 9.17) is 0 Å². The summed E-state index contributed by atoms with van der Waals surface area (Å²) in [6, 6.07) is 5.68. The SMILES string of the molecule is CCN(C(=O)CCc1cccnc1)C1CC2CCC(C1)N2. The number of nitrogens with zero attached hydrogens (tertiary/aromatic N) is 2. The molecular formula is C17H25N3O. The van der Waals surface area contributed by atoms with E-state index in [0.717, 1.165) is 31.4 Å². The maximum atomic E-state index is 12.6. The van der Waals surface area contributed by atoms with Crippen LogP contribution in [0.15, 0.2) is 24.5 Å². The van der Waals surface area contributed by atoms with E-state index >= 15 is 0 Å². The van der Waals surface area contributed by atoms with Crippen LogP contribution >= 0.6 is 0 Å². The first kappa shape index (κ1) is 14.5. The number of fused-ring (bicyclic) bond motifs is 2. The molecule has 0 saturated carbocycles. The van der Waals surface area contributed by atoms with Crippen LogP contribution < -0.4 is 5.32 Å². The third-order valence-corrected chi connectivity index (χ3v) is 4.90. The van der Waals surface area contributed by atoms with Gasteiger partial charge in [-0.3, -0.25) is 9.78 Å². The van der Waals surface area contributed by atoms with Crippen LogP contribution in [-0.2, 0) is 11.2 Å². The lowest BCUT2D eigenvalue weighted by molar-refractivity contribution is -0.134. The third-order valence-electron chi connectivity index (χ3n) is 4.90. The first-order valence-electron chi connectivity index (χ1n) is 8.20. The van der Waals surface area contributed by atoms with Gasteiger partial charge < -0.3 is 10.2 Å². The van der Waals surface area contributed by atoms with E-state index in [2.05, 4.69) is 22.1 Å². The Morgan fingerprint density at radius 2 is 2.14 bits per heavy atom. The highest BCUT2D eigenvalue weighted by molar-refractivity contribution is 5.76. The number of carbonyl (C=O) groups excluding carboxylic acids is 1. The number of aryl methyl sites for hydroxylation is 1.